The normalized spacial score (nSPS) is 11.1. The van der Waals surface area contributed by atoms with Gasteiger partial charge in [0.05, 0.1) is 18.5 Å². The Bertz CT molecular complexity index is 1110. The lowest BCUT2D eigenvalue weighted by atomic mass is 10.1. The van der Waals surface area contributed by atoms with E-state index in [0.29, 0.717) is 16.4 Å². The summed E-state index contributed by atoms with van der Waals surface area (Å²) in [7, 11) is -3.46. The second-order valence-electron chi connectivity index (χ2n) is 6.23. The lowest BCUT2D eigenvalue weighted by Gasteiger charge is -2.22. The largest absolute Gasteiger partial charge is 0.296 e. The van der Waals surface area contributed by atoms with E-state index in [-0.39, 0.29) is 12.5 Å². The molecule has 0 atom stereocenters. The van der Waals surface area contributed by atoms with E-state index in [2.05, 4.69) is 22.1 Å². The van der Waals surface area contributed by atoms with Crippen LogP contribution in [0.15, 0.2) is 71.6 Å². The van der Waals surface area contributed by atoms with Gasteiger partial charge in [0.15, 0.2) is 4.34 Å². The van der Waals surface area contributed by atoms with Gasteiger partial charge in [0.2, 0.25) is 15.2 Å². The van der Waals surface area contributed by atoms with Crippen LogP contribution in [0.3, 0.4) is 0 Å². The summed E-state index contributed by atoms with van der Waals surface area (Å²) in [5.41, 5.74) is 1.79. The van der Waals surface area contributed by atoms with E-state index in [1.165, 1.54) is 33.7 Å². The third-order valence-corrected chi connectivity index (χ3v) is 7.05. The van der Waals surface area contributed by atoms with Crippen LogP contribution < -0.4 is 9.62 Å². The van der Waals surface area contributed by atoms with Crippen LogP contribution in [-0.2, 0) is 16.6 Å². The van der Waals surface area contributed by atoms with Gasteiger partial charge in [-0.25, -0.2) is 8.42 Å². The molecule has 0 saturated heterocycles. The van der Waals surface area contributed by atoms with Crippen molar-refractivity contribution in [2.45, 2.75) is 10.9 Å². The van der Waals surface area contributed by atoms with Gasteiger partial charge in [-0.2, -0.15) is 0 Å². The van der Waals surface area contributed by atoms with Crippen molar-refractivity contribution in [2.24, 2.45) is 0 Å². The maximum atomic E-state index is 12.5. The molecule has 0 unspecified atom stereocenters. The molecule has 1 N–H and O–H groups in total. The van der Waals surface area contributed by atoms with Crippen molar-refractivity contribution in [2.75, 3.05) is 21.6 Å². The Labute approximate surface area is 183 Å². The number of anilines is 2. The molecule has 3 aromatic rings. The summed E-state index contributed by atoms with van der Waals surface area (Å²) in [4.78, 5) is 12.5. The van der Waals surface area contributed by atoms with Crippen molar-refractivity contribution in [1.82, 2.24) is 10.2 Å². The summed E-state index contributed by atoms with van der Waals surface area (Å²) in [6.07, 6.45) is 2.94. The van der Waals surface area contributed by atoms with Gasteiger partial charge in [0.25, 0.3) is 5.91 Å². The fourth-order valence-electron chi connectivity index (χ4n) is 2.54. The Morgan fingerprint density at radius 3 is 2.50 bits per heavy atom. The first-order valence-electron chi connectivity index (χ1n) is 8.87. The van der Waals surface area contributed by atoms with Gasteiger partial charge in [0.1, 0.15) is 0 Å². The third-order valence-electron chi connectivity index (χ3n) is 3.94. The van der Waals surface area contributed by atoms with Crippen molar-refractivity contribution in [3.63, 3.8) is 0 Å². The Hall–Kier alpha value is -2.69. The first-order valence-corrected chi connectivity index (χ1v) is 12.5. The average Bonchev–Trinajstić information content (AvgIpc) is 3.18. The molecule has 0 spiro atoms. The molecule has 0 saturated carbocycles. The summed E-state index contributed by atoms with van der Waals surface area (Å²) < 4.78 is 26.5. The van der Waals surface area contributed by atoms with E-state index in [4.69, 9.17) is 0 Å². The van der Waals surface area contributed by atoms with Crippen LogP contribution >= 0.6 is 23.1 Å². The zero-order chi connectivity index (χ0) is 21.6. The summed E-state index contributed by atoms with van der Waals surface area (Å²) in [6, 6.07) is 15.7. The lowest BCUT2D eigenvalue weighted by Crippen LogP contribution is -2.29. The highest BCUT2D eigenvalue weighted by atomic mass is 32.2. The third kappa shape index (κ3) is 5.91. The predicted octanol–water partition coefficient (Wildman–Crippen LogP) is 4.03. The second-order valence-corrected chi connectivity index (χ2v) is 10.4. The molecule has 0 radical (unpaired) electrons. The van der Waals surface area contributed by atoms with Gasteiger partial charge in [-0.15, -0.1) is 16.8 Å². The Morgan fingerprint density at radius 2 is 1.87 bits per heavy atom. The zero-order valence-corrected chi connectivity index (χ0v) is 18.6. The van der Waals surface area contributed by atoms with Crippen molar-refractivity contribution >= 4 is 49.8 Å². The molecule has 1 heterocycles. The summed E-state index contributed by atoms with van der Waals surface area (Å²) >= 11 is 2.79. The highest BCUT2D eigenvalue weighted by Crippen LogP contribution is 2.26. The highest BCUT2D eigenvalue weighted by molar-refractivity contribution is 8.01. The number of carbonyl (C=O) groups is 1. The fraction of sp³-hybridized carbons (Fsp3) is 0.150. The Balaban J connectivity index is 1.68. The number of hydrogen-bond acceptors (Lipinski definition) is 7. The fourth-order valence-corrected chi connectivity index (χ4v) is 4.94. The van der Waals surface area contributed by atoms with Crippen LogP contribution in [0.25, 0.3) is 0 Å². The van der Waals surface area contributed by atoms with Crippen molar-refractivity contribution in [3.8, 4) is 0 Å². The maximum Gasteiger partial charge on any atom is 0.257 e. The number of thioether (sulfide) groups is 1. The molecule has 0 fully saturated rings. The van der Waals surface area contributed by atoms with Gasteiger partial charge in [-0.05, 0) is 29.8 Å². The Kier molecular flexibility index (Phi) is 7.24. The molecule has 3 rings (SSSR count). The number of carbonyl (C=O) groups excluding carboxylic acids is 1. The van der Waals surface area contributed by atoms with Crippen LogP contribution in [0.4, 0.5) is 10.8 Å². The van der Waals surface area contributed by atoms with Crippen molar-refractivity contribution in [3.05, 3.63) is 78.4 Å². The van der Waals surface area contributed by atoms with E-state index in [1.807, 2.05) is 6.07 Å². The minimum Gasteiger partial charge on any atom is -0.296 e. The second kappa shape index (κ2) is 9.88. The molecule has 0 aliphatic heterocycles. The number of sulfonamides is 1. The van der Waals surface area contributed by atoms with Gasteiger partial charge < -0.3 is 0 Å². The van der Waals surface area contributed by atoms with E-state index in [1.54, 1.807) is 54.6 Å². The molecule has 2 aromatic carbocycles. The molecule has 1 amide bonds. The standard InChI is InChI=1S/C20H20N4O3S3/c1-3-13-28-20-23-22-19(29-20)21-18(25)16-11-9-15(10-12-16)14-24(30(2,26)27)17-7-5-4-6-8-17/h3-12H,1,13-14H2,2H3,(H,21,22,25). The topological polar surface area (TPSA) is 92.3 Å². The minimum atomic E-state index is -3.46. The van der Waals surface area contributed by atoms with Crippen LogP contribution in [0.2, 0.25) is 0 Å². The zero-order valence-electron chi connectivity index (χ0n) is 16.2. The quantitative estimate of drug-likeness (QED) is 0.294. The van der Waals surface area contributed by atoms with E-state index in [0.717, 1.165) is 15.7 Å². The molecule has 7 nitrogen and oxygen atoms in total. The summed E-state index contributed by atoms with van der Waals surface area (Å²) in [6.45, 7) is 3.83. The summed E-state index contributed by atoms with van der Waals surface area (Å²) in [5.74, 6) is 0.415. The molecule has 156 valence electrons. The van der Waals surface area contributed by atoms with Crippen LogP contribution in [0.1, 0.15) is 15.9 Å². The van der Waals surface area contributed by atoms with Gasteiger partial charge in [-0.1, -0.05) is 59.5 Å². The number of para-hydroxylation sites is 1. The number of benzene rings is 2. The average molecular weight is 461 g/mol. The van der Waals surface area contributed by atoms with Gasteiger partial charge >= 0.3 is 0 Å². The minimum absolute atomic E-state index is 0.172. The monoisotopic (exact) mass is 460 g/mol. The lowest BCUT2D eigenvalue weighted by molar-refractivity contribution is 0.102. The first kappa shape index (κ1) is 22.0. The first-order chi connectivity index (χ1) is 14.4. The molecule has 0 aliphatic carbocycles. The Morgan fingerprint density at radius 1 is 1.17 bits per heavy atom. The molecular weight excluding hydrogens is 440 g/mol. The van der Waals surface area contributed by atoms with Gasteiger partial charge in [-0.3, -0.25) is 14.4 Å². The van der Waals surface area contributed by atoms with Crippen molar-refractivity contribution < 1.29 is 13.2 Å². The summed E-state index contributed by atoms with van der Waals surface area (Å²) in [5, 5.41) is 11.1. The number of hydrogen-bond donors (Lipinski definition) is 1. The molecule has 0 bridgehead atoms. The smallest absolute Gasteiger partial charge is 0.257 e. The number of aromatic nitrogens is 2. The van der Waals surface area contributed by atoms with Gasteiger partial charge in [0, 0.05) is 11.3 Å². The maximum absolute atomic E-state index is 12.5. The molecule has 30 heavy (non-hydrogen) atoms. The molecule has 1 aromatic heterocycles. The van der Waals surface area contributed by atoms with Crippen LogP contribution in [0, 0.1) is 0 Å². The predicted molar refractivity (Wildman–Crippen MR) is 123 cm³/mol. The van der Waals surface area contributed by atoms with Crippen LogP contribution in [-0.4, -0.2) is 36.5 Å². The van der Waals surface area contributed by atoms with E-state index < -0.39 is 10.0 Å². The highest BCUT2D eigenvalue weighted by Gasteiger charge is 2.18. The molecule has 0 aliphatic rings. The molecule has 10 heteroatoms. The van der Waals surface area contributed by atoms with E-state index in [9.17, 15) is 13.2 Å². The number of rotatable bonds is 9. The molecular formula is C20H20N4O3S3. The van der Waals surface area contributed by atoms with E-state index >= 15 is 0 Å². The van der Waals surface area contributed by atoms with Crippen molar-refractivity contribution in [1.29, 1.82) is 0 Å². The number of nitrogens with zero attached hydrogens (tertiary/aromatic N) is 3. The van der Waals surface area contributed by atoms with Crippen LogP contribution in [0.5, 0.6) is 0 Å². The number of amides is 1. The number of nitrogens with one attached hydrogen (secondary N) is 1. The SMILES string of the molecule is C=CCSc1nnc(NC(=O)c2ccc(CN(c3ccccc3)S(C)(=O)=O)cc2)s1.